The van der Waals surface area contributed by atoms with Gasteiger partial charge in [-0.2, -0.15) is 0 Å². The number of hydrogen-bond donors (Lipinski definition) is 2. The maximum Gasteiger partial charge on any atom is 0.190 e. The van der Waals surface area contributed by atoms with Crippen LogP contribution in [0.5, 0.6) is 0 Å². The van der Waals surface area contributed by atoms with Crippen molar-refractivity contribution in [3.63, 3.8) is 0 Å². The van der Waals surface area contributed by atoms with E-state index in [4.69, 9.17) is 11.6 Å². The highest BCUT2D eigenvalue weighted by Gasteiger charge is 2.20. The van der Waals surface area contributed by atoms with Crippen molar-refractivity contribution in [2.24, 2.45) is 10.9 Å². The summed E-state index contributed by atoms with van der Waals surface area (Å²) in [5, 5.41) is 7.47. The molecule has 1 aliphatic rings. The van der Waals surface area contributed by atoms with Crippen LogP contribution in [0.25, 0.3) is 0 Å². The Kier molecular flexibility index (Phi) is 8.30. The molecule has 0 aliphatic heterocycles. The Morgan fingerprint density at radius 1 is 1.20 bits per heavy atom. The average Bonchev–Trinajstić information content (AvgIpc) is 3.23. The van der Waals surface area contributed by atoms with Crippen LogP contribution in [-0.4, -0.2) is 26.1 Å². The van der Waals surface area contributed by atoms with Crippen LogP contribution < -0.4 is 10.6 Å². The van der Waals surface area contributed by atoms with Crippen molar-refractivity contribution in [2.45, 2.75) is 25.7 Å². The van der Waals surface area contributed by atoms with E-state index in [1.807, 2.05) is 19.2 Å². The molecule has 2 rings (SSSR count). The molecule has 1 fully saturated rings. The molecule has 1 aliphatic carbocycles. The minimum atomic E-state index is 0. The fraction of sp³-hybridized carbons (Fsp3) is 0.533. The lowest BCUT2D eigenvalue weighted by atomic mass is 10.1. The lowest BCUT2D eigenvalue weighted by Gasteiger charge is -2.11. The van der Waals surface area contributed by atoms with Gasteiger partial charge in [0.2, 0.25) is 0 Å². The molecule has 1 saturated carbocycles. The smallest absolute Gasteiger partial charge is 0.190 e. The van der Waals surface area contributed by atoms with Crippen molar-refractivity contribution >= 4 is 41.5 Å². The Bertz CT molecular complexity index is 416. The zero-order valence-electron chi connectivity index (χ0n) is 11.9. The number of hydrogen-bond acceptors (Lipinski definition) is 1. The van der Waals surface area contributed by atoms with Crippen LogP contribution in [0.2, 0.25) is 5.02 Å². The molecular weight excluding hydrogens is 385 g/mol. The number of benzene rings is 1. The third-order valence-electron chi connectivity index (χ3n) is 3.38. The van der Waals surface area contributed by atoms with Gasteiger partial charge in [0.1, 0.15) is 0 Å². The van der Waals surface area contributed by atoms with Gasteiger partial charge in [-0.05, 0) is 36.5 Å². The zero-order valence-corrected chi connectivity index (χ0v) is 14.9. The quantitative estimate of drug-likeness (QED) is 0.430. The van der Waals surface area contributed by atoms with Gasteiger partial charge in [-0.25, -0.2) is 0 Å². The van der Waals surface area contributed by atoms with Gasteiger partial charge in [0.15, 0.2) is 5.96 Å². The molecule has 0 spiro atoms. The van der Waals surface area contributed by atoms with E-state index in [1.54, 1.807) is 0 Å². The van der Waals surface area contributed by atoms with Crippen LogP contribution in [-0.2, 0) is 6.42 Å². The summed E-state index contributed by atoms with van der Waals surface area (Å²) in [6, 6.07) is 7.99. The third kappa shape index (κ3) is 6.79. The van der Waals surface area contributed by atoms with Crippen LogP contribution >= 0.6 is 35.6 Å². The molecule has 1 aromatic rings. The first-order valence-corrected chi connectivity index (χ1v) is 7.34. The molecule has 0 bridgehead atoms. The number of nitrogens with zero attached hydrogens (tertiary/aromatic N) is 1. The van der Waals surface area contributed by atoms with Crippen molar-refractivity contribution in [3.05, 3.63) is 34.9 Å². The first-order valence-electron chi connectivity index (χ1n) is 6.97. The van der Waals surface area contributed by atoms with Gasteiger partial charge in [0, 0.05) is 25.2 Å². The Balaban J connectivity index is 0.00000200. The van der Waals surface area contributed by atoms with Gasteiger partial charge in [-0.15, -0.1) is 24.0 Å². The molecule has 1 aromatic carbocycles. The predicted octanol–water partition coefficient (Wildman–Crippen LogP) is 3.47. The summed E-state index contributed by atoms with van der Waals surface area (Å²) in [4.78, 5) is 4.22. The molecule has 5 heteroatoms. The maximum atomic E-state index is 5.86. The normalized spacial score (nSPS) is 14.6. The first kappa shape index (κ1) is 17.6. The Hall–Kier alpha value is -0.490. The Morgan fingerprint density at radius 2 is 1.85 bits per heavy atom. The molecule has 0 heterocycles. The molecule has 112 valence electrons. The standard InChI is InChI=1S/C15H22ClN3.HI/c1-17-15(18-10-8-12-2-3-12)19-11-9-13-4-6-14(16)7-5-13;/h4-7,12H,2-3,8-11H2,1H3,(H2,17,18,19);1H. The van der Waals surface area contributed by atoms with Crippen molar-refractivity contribution in [1.82, 2.24) is 10.6 Å². The highest BCUT2D eigenvalue weighted by atomic mass is 127. The Labute approximate surface area is 143 Å². The largest absolute Gasteiger partial charge is 0.356 e. The maximum absolute atomic E-state index is 5.86. The predicted molar refractivity (Wildman–Crippen MR) is 97.3 cm³/mol. The number of aliphatic imine (C=N–C) groups is 1. The fourth-order valence-corrected chi connectivity index (χ4v) is 2.12. The number of guanidine groups is 1. The molecule has 0 saturated heterocycles. The SMILES string of the molecule is CN=C(NCCc1ccc(Cl)cc1)NCCC1CC1.I. The van der Waals surface area contributed by atoms with E-state index in [9.17, 15) is 0 Å². The molecular formula is C15H23ClIN3. The third-order valence-corrected chi connectivity index (χ3v) is 3.64. The summed E-state index contributed by atoms with van der Waals surface area (Å²) in [5.41, 5.74) is 1.28. The van der Waals surface area contributed by atoms with Gasteiger partial charge in [-0.1, -0.05) is 36.6 Å². The van der Waals surface area contributed by atoms with Crippen LogP contribution in [0, 0.1) is 5.92 Å². The van der Waals surface area contributed by atoms with Crippen molar-refractivity contribution in [3.8, 4) is 0 Å². The van der Waals surface area contributed by atoms with Crippen LogP contribution in [0.1, 0.15) is 24.8 Å². The highest BCUT2D eigenvalue weighted by molar-refractivity contribution is 14.0. The second-order valence-electron chi connectivity index (χ2n) is 5.03. The summed E-state index contributed by atoms with van der Waals surface area (Å²) in [6.45, 7) is 1.90. The summed E-state index contributed by atoms with van der Waals surface area (Å²) < 4.78 is 0. The molecule has 2 N–H and O–H groups in total. The minimum Gasteiger partial charge on any atom is -0.356 e. The molecule has 20 heavy (non-hydrogen) atoms. The highest BCUT2D eigenvalue weighted by Crippen LogP contribution is 2.31. The monoisotopic (exact) mass is 407 g/mol. The molecule has 0 unspecified atom stereocenters. The zero-order chi connectivity index (χ0) is 13.5. The topological polar surface area (TPSA) is 36.4 Å². The fourth-order valence-electron chi connectivity index (χ4n) is 2.00. The van der Waals surface area contributed by atoms with Crippen LogP contribution in [0.3, 0.4) is 0 Å². The average molecular weight is 408 g/mol. The van der Waals surface area contributed by atoms with Gasteiger partial charge in [0.05, 0.1) is 0 Å². The van der Waals surface area contributed by atoms with E-state index >= 15 is 0 Å². The van der Waals surface area contributed by atoms with E-state index < -0.39 is 0 Å². The Morgan fingerprint density at radius 3 is 2.45 bits per heavy atom. The summed E-state index contributed by atoms with van der Waals surface area (Å²) in [7, 11) is 1.81. The van der Waals surface area contributed by atoms with E-state index in [-0.39, 0.29) is 24.0 Å². The van der Waals surface area contributed by atoms with E-state index in [0.29, 0.717) is 0 Å². The number of rotatable bonds is 6. The van der Waals surface area contributed by atoms with Crippen molar-refractivity contribution in [1.29, 1.82) is 0 Å². The van der Waals surface area contributed by atoms with E-state index in [1.165, 1.54) is 24.8 Å². The lowest BCUT2D eigenvalue weighted by Crippen LogP contribution is -2.38. The van der Waals surface area contributed by atoms with E-state index in [2.05, 4.69) is 27.8 Å². The number of halogens is 2. The molecule has 3 nitrogen and oxygen atoms in total. The molecule has 0 radical (unpaired) electrons. The molecule has 0 amide bonds. The molecule has 0 atom stereocenters. The van der Waals surface area contributed by atoms with Crippen LogP contribution in [0.4, 0.5) is 0 Å². The van der Waals surface area contributed by atoms with Gasteiger partial charge in [-0.3, -0.25) is 4.99 Å². The van der Waals surface area contributed by atoms with Crippen molar-refractivity contribution < 1.29 is 0 Å². The van der Waals surface area contributed by atoms with Gasteiger partial charge in [0.25, 0.3) is 0 Å². The van der Waals surface area contributed by atoms with E-state index in [0.717, 1.165) is 36.4 Å². The van der Waals surface area contributed by atoms with Gasteiger partial charge >= 0.3 is 0 Å². The van der Waals surface area contributed by atoms with Gasteiger partial charge < -0.3 is 10.6 Å². The lowest BCUT2D eigenvalue weighted by molar-refractivity contribution is 0.684. The second kappa shape index (κ2) is 9.45. The number of nitrogens with one attached hydrogen (secondary N) is 2. The summed E-state index contributed by atoms with van der Waals surface area (Å²) in [5.74, 6) is 1.86. The summed E-state index contributed by atoms with van der Waals surface area (Å²) in [6.07, 6.45) is 5.05. The van der Waals surface area contributed by atoms with Crippen LogP contribution in [0.15, 0.2) is 29.3 Å². The summed E-state index contributed by atoms with van der Waals surface area (Å²) >= 11 is 5.86. The minimum absolute atomic E-state index is 0. The van der Waals surface area contributed by atoms with Crippen molar-refractivity contribution in [2.75, 3.05) is 20.1 Å². The first-order chi connectivity index (χ1) is 9.28. The second-order valence-corrected chi connectivity index (χ2v) is 5.47. The molecule has 0 aromatic heterocycles.